The number of aromatic nitrogens is 1. The van der Waals surface area contributed by atoms with Crippen molar-refractivity contribution in [2.45, 2.75) is 25.7 Å². The monoisotopic (exact) mass is 316 g/mol. The van der Waals surface area contributed by atoms with E-state index in [2.05, 4.69) is 11.1 Å². The number of methoxy groups -OCH3 is 1. The van der Waals surface area contributed by atoms with Crippen LogP contribution in [0, 0.1) is 11.3 Å². The van der Waals surface area contributed by atoms with Crippen LogP contribution in [0.2, 0.25) is 0 Å². The van der Waals surface area contributed by atoms with Crippen LogP contribution in [-0.4, -0.2) is 55.8 Å². The van der Waals surface area contributed by atoms with Gasteiger partial charge < -0.3 is 14.4 Å². The Bertz CT molecular complexity index is 618. The van der Waals surface area contributed by atoms with E-state index in [1.807, 2.05) is 4.90 Å². The van der Waals surface area contributed by atoms with Crippen molar-refractivity contribution in [2.75, 3.05) is 40.0 Å². The van der Waals surface area contributed by atoms with E-state index in [-0.39, 0.29) is 11.3 Å². The number of hydrogen-bond donors (Lipinski definition) is 0. The Hall–Kier alpha value is -1.46. The van der Waals surface area contributed by atoms with E-state index in [1.54, 1.807) is 13.3 Å². The van der Waals surface area contributed by atoms with Gasteiger partial charge in [-0.05, 0) is 37.3 Å². The largest absolute Gasteiger partial charge is 0.384 e. The molecule has 0 saturated carbocycles. The fourth-order valence-corrected chi connectivity index (χ4v) is 4.37. The van der Waals surface area contributed by atoms with Gasteiger partial charge in [0.05, 0.1) is 25.4 Å². The van der Waals surface area contributed by atoms with Gasteiger partial charge in [-0.3, -0.25) is 9.78 Å². The van der Waals surface area contributed by atoms with Gasteiger partial charge in [-0.2, -0.15) is 0 Å². The summed E-state index contributed by atoms with van der Waals surface area (Å²) in [6.07, 6.45) is 6.27. The number of carbonyl (C=O) groups is 1. The maximum absolute atomic E-state index is 12.9. The second-order valence-corrected chi connectivity index (χ2v) is 7.23. The molecule has 1 amide bonds. The molecule has 2 aliphatic heterocycles. The zero-order valence-corrected chi connectivity index (χ0v) is 13.7. The van der Waals surface area contributed by atoms with Gasteiger partial charge in [0, 0.05) is 43.4 Å². The lowest BCUT2D eigenvalue weighted by molar-refractivity contribution is 0.0489. The molecule has 1 aromatic rings. The smallest absolute Gasteiger partial charge is 0.255 e. The second-order valence-electron chi connectivity index (χ2n) is 7.23. The molecule has 5 heteroatoms. The topological polar surface area (TPSA) is 51.7 Å². The third-order valence-corrected chi connectivity index (χ3v) is 5.66. The number of likely N-dealkylation sites (tertiary alicyclic amines) is 1. The summed E-state index contributed by atoms with van der Waals surface area (Å²) in [5, 5.41) is 0. The van der Waals surface area contributed by atoms with Crippen LogP contribution < -0.4 is 0 Å². The Labute approximate surface area is 137 Å². The van der Waals surface area contributed by atoms with Crippen LogP contribution in [0.15, 0.2) is 12.3 Å². The molecule has 23 heavy (non-hydrogen) atoms. The van der Waals surface area contributed by atoms with Crippen molar-refractivity contribution in [2.24, 2.45) is 11.3 Å². The Balaban J connectivity index is 1.54. The number of amides is 1. The molecular weight excluding hydrogens is 292 g/mol. The molecule has 3 aliphatic rings. The van der Waals surface area contributed by atoms with Crippen LogP contribution in [0.4, 0.5) is 0 Å². The fourth-order valence-electron chi connectivity index (χ4n) is 4.37. The van der Waals surface area contributed by atoms with Crippen LogP contribution in [0.25, 0.3) is 0 Å². The number of ether oxygens (including phenoxy) is 2. The predicted molar refractivity (Wildman–Crippen MR) is 85.4 cm³/mol. The molecule has 0 aromatic carbocycles. The maximum Gasteiger partial charge on any atom is 0.255 e. The Kier molecular flexibility index (Phi) is 3.85. The number of rotatable bonds is 3. The molecule has 0 radical (unpaired) electrons. The lowest BCUT2D eigenvalue weighted by Gasteiger charge is -2.26. The average Bonchev–Trinajstić information content (AvgIpc) is 3.11. The number of pyridine rings is 1. The minimum absolute atomic E-state index is 0.0218. The van der Waals surface area contributed by atoms with Crippen molar-refractivity contribution < 1.29 is 14.3 Å². The zero-order chi connectivity index (χ0) is 15.9. The standard InChI is InChI=1S/C18H24N2O3/c1-22-11-18-10-20(8-15(18)9-23-12-18)17(21)14-6-13-4-2-3-5-16(13)19-7-14/h6-7,15H,2-5,8-12H2,1H3/t15-,18-/m0/s1. The van der Waals surface area contributed by atoms with E-state index in [0.717, 1.165) is 38.1 Å². The molecule has 4 rings (SSSR count). The highest BCUT2D eigenvalue weighted by Gasteiger charge is 2.52. The predicted octanol–water partition coefficient (Wildman–Crippen LogP) is 1.70. The highest BCUT2D eigenvalue weighted by atomic mass is 16.5. The van der Waals surface area contributed by atoms with Gasteiger partial charge >= 0.3 is 0 Å². The lowest BCUT2D eigenvalue weighted by atomic mass is 9.82. The number of nitrogens with zero attached hydrogens (tertiary/aromatic N) is 2. The second kappa shape index (κ2) is 5.87. The quantitative estimate of drug-likeness (QED) is 0.852. The minimum atomic E-state index is -0.0218. The Morgan fingerprint density at radius 3 is 3.22 bits per heavy atom. The van der Waals surface area contributed by atoms with Crippen LogP contribution >= 0.6 is 0 Å². The number of aryl methyl sites for hydroxylation is 2. The highest BCUT2D eigenvalue weighted by molar-refractivity contribution is 5.94. The molecular formula is C18H24N2O3. The van der Waals surface area contributed by atoms with Crippen LogP contribution in [-0.2, 0) is 22.3 Å². The van der Waals surface area contributed by atoms with E-state index < -0.39 is 0 Å². The van der Waals surface area contributed by atoms with Crippen LogP contribution in [0.5, 0.6) is 0 Å². The summed E-state index contributed by atoms with van der Waals surface area (Å²) < 4.78 is 11.1. The molecule has 5 nitrogen and oxygen atoms in total. The van der Waals surface area contributed by atoms with Gasteiger partial charge in [0.1, 0.15) is 0 Å². The minimum Gasteiger partial charge on any atom is -0.384 e. The molecule has 0 N–H and O–H groups in total. The lowest BCUT2D eigenvalue weighted by Crippen LogP contribution is -2.37. The van der Waals surface area contributed by atoms with Gasteiger partial charge in [0.25, 0.3) is 5.91 Å². The van der Waals surface area contributed by atoms with Gasteiger partial charge in [-0.15, -0.1) is 0 Å². The summed E-state index contributed by atoms with van der Waals surface area (Å²) in [5.41, 5.74) is 3.15. The maximum atomic E-state index is 12.9. The average molecular weight is 316 g/mol. The Morgan fingerprint density at radius 1 is 1.48 bits per heavy atom. The van der Waals surface area contributed by atoms with Crippen molar-refractivity contribution in [1.29, 1.82) is 0 Å². The molecule has 3 heterocycles. The first-order chi connectivity index (χ1) is 11.2. The molecule has 1 aromatic heterocycles. The summed E-state index contributed by atoms with van der Waals surface area (Å²) in [6, 6.07) is 2.07. The zero-order valence-electron chi connectivity index (χ0n) is 13.7. The van der Waals surface area contributed by atoms with Crippen molar-refractivity contribution in [3.63, 3.8) is 0 Å². The highest BCUT2D eigenvalue weighted by Crippen LogP contribution is 2.41. The third kappa shape index (κ3) is 2.56. The van der Waals surface area contributed by atoms with Gasteiger partial charge in [-0.1, -0.05) is 0 Å². The first-order valence-electron chi connectivity index (χ1n) is 8.56. The molecule has 2 saturated heterocycles. The number of hydrogen-bond acceptors (Lipinski definition) is 4. The first kappa shape index (κ1) is 15.1. The molecule has 0 spiro atoms. The van der Waals surface area contributed by atoms with E-state index in [1.165, 1.54) is 24.1 Å². The Morgan fingerprint density at radius 2 is 2.35 bits per heavy atom. The van der Waals surface area contributed by atoms with Gasteiger partial charge in [0.2, 0.25) is 0 Å². The third-order valence-electron chi connectivity index (χ3n) is 5.66. The van der Waals surface area contributed by atoms with Crippen molar-refractivity contribution in [3.05, 3.63) is 29.1 Å². The van der Waals surface area contributed by atoms with Crippen molar-refractivity contribution in [3.8, 4) is 0 Å². The van der Waals surface area contributed by atoms with Gasteiger partial charge in [-0.25, -0.2) is 0 Å². The van der Waals surface area contributed by atoms with Crippen molar-refractivity contribution >= 4 is 5.91 Å². The van der Waals surface area contributed by atoms with Crippen LogP contribution in [0.1, 0.15) is 34.5 Å². The van der Waals surface area contributed by atoms with E-state index in [4.69, 9.17) is 9.47 Å². The van der Waals surface area contributed by atoms with E-state index in [9.17, 15) is 4.79 Å². The molecule has 0 bridgehead atoms. The number of fused-ring (bicyclic) bond motifs is 2. The summed E-state index contributed by atoms with van der Waals surface area (Å²) in [4.78, 5) is 19.4. The number of carbonyl (C=O) groups excluding carboxylic acids is 1. The SMILES string of the molecule is COC[C@@]12COC[C@@H]1CN(C(=O)c1cnc3c(c1)CCCC3)C2. The van der Waals surface area contributed by atoms with Crippen molar-refractivity contribution in [1.82, 2.24) is 9.88 Å². The summed E-state index contributed by atoms with van der Waals surface area (Å²) >= 11 is 0. The fraction of sp³-hybridized carbons (Fsp3) is 0.667. The molecule has 124 valence electrons. The molecule has 2 atom stereocenters. The first-order valence-corrected chi connectivity index (χ1v) is 8.56. The molecule has 1 aliphatic carbocycles. The summed E-state index contributed by atoms with van der Waals surface area (Å²) in [5.74, 6) is 0.493. The van der Waals surface area contributed by atoms with E-state index >= 15 is 0 Å². The van der Waals surface area contributed by atoms with Gasteiger partial charge in [0.15, 0.2) is 0 Å². The molecule has 0 unspecified atom stereocenters. The van der Waals surface area contributed by atoms with Crippen LogP contribution in [0.3, 0.4) is 0 Å². The summed E-state index contributed by atoms with van der Waals surface area (Å²) in [7, 11) is 1.72. The molecule has 2 fully saturated rings. The summed E-state index contributed by atoms with van der Waals surface area (Å²) in [6.45, 7) is 3.57. The normalized spacial score (nSPS) is 29.4. The van der Waals surface area contributed by atoms with E-state index in [0.29, 0.717) is 19.1 Å².